The minimum absolute atomic E-state index is 0.512. The summed E-state index contributed by atoms with van der Waals surface area (Å²) >= 11 is 5.98. The largest absolute Gasteiger partial charge is 0.330 e. The second-order valence-corrected chi connectivity index (χ2v) is 3.49. The number of halogens is 1. The molecule has 1 N–H and O–H groups in total. The summed E-state index contributed by atoms with van der Waals surface area (Å²) in [7, 11) is 0. The molecular weight excluding hydrogens is 212 g/mol. The predicted octanol–water partition coefficient (Wildman–Crippen LogP) is 2.40. The van der Waals surface area contributed by atoms with Crippen LogP contribution in [0.2, 0.25) is 5.15 Å². The van der Waals surface area contributed by atoms with Gasteiger partial charge in [-0.3, -0.25) is 4.57 Å². The third kappa shape index (κ3) is 1.22. The molecule has 4 nitrogen and oxygen atoms in total. The van der Waals surface area contributed by atoms with Gasteiger partial charge in [0.1, 0.15) is 5.15 Å². The van der Waals surface area contributed by atoms with Gasteiger partial charge in [0.15, 0.2) is 0 Å². The molecule has 0 aliphatic carbocycles. The first-order valence-electron chi connectivity index (χ1n) is 4.47. The summed E-state index contributed by atoms with van der Waals surface area (Å²) in [6.07, 6.45) is 7.09. The molecular formula is C10H7ClN4. The molecule has 74 valence electrons. The van der Waals surface area contributed by atoms with E-state index in [1.54, 1.807) is 18.6 Å². The molecule has 3 rings (SSSR count). The van der Waals surface area contributed by atoms with Crippen LogP contribution < -0.4 is 0 Å². The summed E-state index contributed by atoms with van der Waals surface area (Å²) in [6.45, 7) is 0. The Morgan fingerprint density at radius 1 is 1.20 bits per heavy atom. The third-order valence-electron chi connectivity index (χ3n) is 2.28. The number of hydrogen-bond acceptors (Lipinski definition) is 2. The van der Waals surface area contributed by atoms with Crippen molar-refractivity contribution in [1.82, 2.24) is 19.5 Å². The molecule has 0 atom stereocenters. The summed E-state index contributed by atoms with van der Waals surface area (Å²) in [6, 6.07) is 3.83. The van der Waals surface area contributed by atoms with Crippen LogP contribution in [-0.4, -0.2) is 19.5 Å². The highest BCUT2D eigenvalue weighted by Gasteiger charge is 2.07. The Morgan fingerprint density at radius 3 is 2.93 bits per heavy atom. The maximum Gasteiger partial charge on any atom is 0.211 e. The van der Waals surface area contributed by atoms with Gasteiger partial charge in [0, 0.05) is 30.2 Å². The van der Waals surface area contributed by atoms with E-state index in [9.17, 15) is 0 Å². The first kappa shape index (κ1) is 8.49. The van der Waals surface area contributed by atoms with E-state index in [-0.39, 0.29) is 0 Å². The Morgan fingerprint density at radius 2 is 2.13 bits per heavy atom. The molecule has 0 spiro atoms. The Balaban J connectivity index is 2.34. The average molecular weight is 219 g/mol. The number of pyridine rings is 1. The van der Waals surface area contributed by atoms with Gasteiger partial charge in [-0.05, 0) is 12.1 Å². The van der Waals surface area contributed by atoms with Crippen LogP contribution in [0.4, 0.5) is 0 Å². The Labute approximate surface area is 90.5 Å². The van der Waals surface area contributed by atoms with Gasteiger partial charge >= 0.3 is 0 Å². The number of nitrogens with one attached hydrogen (secondary N) is 1. The molecule has 0 unspecified atom stereocenters. The fourth-order valence-electron chi connectivity index (χ4n) is 1.61. The van der Waals surface area contributed by atoms with Crippen LogP contribution in [0.25, 0.3) is 16.9 Å². The highest BCUT2D eigenvalue weighted by atomic mass is 35.5. The highest BCUT2D eigenvalue weighted by Crippen LogP contribution is 2.23. The summed E-state index contributed by atoms with van der Waals surface area (Å²) in [5.74, 6) is 0.771. The van der Waals surface area contributed by atoms with Gasteiger partial charge < -0.3 is 4.98 Å². The quantitative estimate of drug-likeness (QED) is 0.638. The lowest BCUT2D eigenvalue weighted by atomic mass is 10.3. The van der Waals surface area contributed by atoms with Crippen molar-refractivity contribution in [3.63, 3.8) is 0 Å². The van der Waals surface area contributed by atoms with E-state index in [4.69, 9.17) is 11.6 Å². The molecule has 15 heavy (non-hydrogen) atoms. The maximum absolute atomic E-state index is 5.98. The lowest BCUT2D eigenvalue weighted by Gasteiger charge is -2.00. The molecule has 3 aromatic rings. The van der Waals surface area contributed by atoms with E-state index in [0.717, 1.165) is 16.9 Å². The zero-order valence-corrected chi connectivity index (χ0v) is 8.44. The monoisotopic (exact) mass is 218 g/mol. The van der Waals surface area contributed by atoms with Crippen molar-refractivity contribution >= 4 is 22.5 Å². The SMILES string of the molecule is Clc1nccc2c1ccn2-c1ncc[nH]1. The van der Waals surface area contributed by atoms with Crippen LogP contribution in [0.1, 0.15) is 0 Å². The minimum atomic E-state index is 0.512. The molecule has 0 bridgehead atoms. The van der Waals surface area contributed by atoms with Crippen LogP contribution in [0.3, 0.4) is 0 Å². The normalized spacial score (nSPS) is 11.0. The second kappa shape index (κ2) is 3.10. The molecule has 3 aromatic heterocycles. The van der Waals surface area contributed by atoms with Gasteiger partial charge in [-0.1, -0.05) is 11.6 Å². The lowest BCUT2D eigenvalue weighted by Crippen LogP contribution is -1.93. The molecule has 5 heteroatoms. The fraction of sp³-hybridized carbons (Fsp3) is 0. The van der Waals surface area contributed by atoms with E-state index in [1.807, 2.05) is 22.9 Å². The van der Waals surface area contributed by atoms with Gasteiger partial charge in [0.05, 0.1) is 5.52 Å². The molecule has 0 saturated carbocycles. The molecule has 0 radical (unpaired) electrons. The van der Waals surface area contributed by atoms with Crippen LogP contribution in [0.15, 0.2) is 36.9 Å². The highest BCUT2D eigenvalue weighted by molar-refractivity contribution is 6.34. The van der Waals surface area contributed by atoms with Gasteiger partial charge in [0.25, 0.3) is 0 Å². The number of H-pyrrole nitrogens is 1. The van der Waals surface area contributed by atoms with Crippen molar-refractivity contribution in [2.24, 2.45) is 0 Å². The molecule has 0 saturated heterocycles. The number of rotatable bonds is 1. The minimum Gasteiger partial charge on any atom is -0.330 e. The number of imidazole rings is 1. The molecule has 0 aliphatic heterocycles. The molecule has 3 heterocycles. The lowest BCUT2D eigenvalue weighted by molar-refractivity contribution is 1.01. The van der Waals surface area contributed by atoms with E-state index in [2.05, 4.69) is 15.0 Å². The Bertz CT molecular complexity index is 597. The van der Waals surface area contributed by atoms with Crippen LogP contribution >= 0.6 is 11.6 Å². The summed E-state index contributed by atoms with van der Waals surface area (Å²) in [4.78, 5) is 11.2. The predicted molar refractivity (Wildman–Crippen MR) is 58.2 cm³/mol. The van der Waals surface area contributed by atoms with Gasteiger partial charge in [-0.25, -0.2) is 9.97 Å². The van der Waals surface area contributed by atoms with E-state index >= 15 is 0 Å². The summed E-state index contributed by atoms with van der Waals surface area (Å²) < 4.78 is 1.93. The van der Waals surface area contributed by atoms with Crippen molar-refractivity contribution in [1.29, 1.82) is 0 Å². The molecule has 0 aliphatic rings. The number of fused-ring (bicyclic) bond motifs is 1. The van der Waals surface area contributed by atoms with Gasteiger partial charge in [0.2, 0.25) is 5.95 Å². The number of aromatic nitrogens is 4. The third-order valence-corrected chi connectivity index (χ3v) is 2.58. The molecule has 0 fully saturated rings. The van der Waals surface area contributed by atoms with Gasteiger partial charge in [-0.2, -0.15) is 0 Å². The first-order chi connectivity index (χ1) is 7.36. The maximum atomic E-state index is 5.98. The van der Waals surface area contributed by atoms with Crippen LogP contribution in [0.5, 0.6) is 0 Å². The smallest absolute Gasteiger partial charge is 0.211 e. The van der Waals surface area contributed by atoms with Crippen molar-refractivity contribution in [3.8, 4) is 5.95 Å². The summed E-state index contributed by atoms with van der Waals surface area (Å²) in [5.41, 5.74) is 0.991. The fourth-order valence-corrected chi connectivity index (χ4v) is 1.82. The van der Waals surface area contributed by atoms with Crippen molar-refractivity contribution in [3.05, 3.63) is 42.1 Å². The van der Waals surface area contributed by atoms with Gasteiger partial charge in [-0.15, -0.1) is 0 Å². The molecule has 0 aromatic carbocycles. The zero-order chi connectivity index (χ0) is 10.3. The summed E-state index contributed by atoms with van der Waals surface area (Å²) in [5, 5.41) is 1.44. The topological polar surface area (TPSA) is 46.5 Å². The number of aromatic amines is 1. The van der Waals surface area contributed by atoms with E-state index in [1.165, 1.54) is 0 Å². The standard InChI is InChI=1S/C10H7ClN4/c11-9-7-2-6-15(8(7)1-3-12-9)10-13-4-5-14-10/h1-6H,(H,13,14). The van der Waals surface area contributed by atoms with Crippen LogP contribution in [-0.2, 0) is 0 Å². The van der Waals surface area contributed by atoms with Crippen LogP contribution in [0, 0.1) is 0 Å². The van der Waals surface area contributed by atoms with E-state index < -0.39 is 0 Å². The Hall–Kier alpha value is -1.81. The van der Waals surface area contributed by atoms with E-state index in [0.29, 0.717) is 5.15 Å². The Kier molecular flexibility index (Phi) is 1.76. The number of nitrogens with zero attached hydrogens (tertiary/aromatic N) is 3. The molecule has 0 amide bonds. The van der Waals surface area contributed by atoms with Crippen molar-refractivity contribution in [2.45, 2.75) is 0 Å². The van der Waals surface area contributed by atoms with Crippen molar-refractivity contribution in [2.75, 3.05) is 0 Å². The zero-order valence-electron chi connectivity index (χ0n) is 7.68. The van der Waals surface area contributed by atoms with Crippen molar-refractivity contribution < 1.29 is 0 Å². The second-order valence-electron chi connectivity index (χ2n) is 3.13. The first-order valence-corrected chi connectivity index (χ1v) is 4.85. The number of hydrogen-bond donors (Lipinski definition) is 1. The average Bonchev–Trinajstić information content (AvgIpc) is 2.85.